The Morgan fingerprint density at radius 2 is 2.21 bits per heavy atom. The van der Waals surface area contributed by atoms with Gasteiger partial charge in [-0.15, -0.1) is 0 Å². The number of hydrogen-bond donors (Lipinski definition) is 3. The molecule has 2 aromatic rings. The summed E-state index contributed by atoms with van der Waals surface area (Å²) in [5.74, 6) is -0.128. The van der Waals surface area contributed by atoms with E-state index in [0.717, 1.165) is 5.56 Å². The molecule has 0 bridgehead atoms. The number of nitrogens with two attached hydrogens (primary N) is 1. The zero-order valence-electron chi connectivity index (χ0n) is 13.2. The number of nitrogens with one attached hydrogen (secondary N) is 1. The van der Waals surface area contributed by atoms with E-state index in [9.17, 15) is 9.50 Å². The molecule has 1 aliphatic rings. The molecule has 2 heterocycles. The summed E-state index contributed by atoms with van der Waals surface area (Å²) in [5, 5.41) is 13.0. The van der Waals surface area contributed by atoms with Gasteiger partial charge in [-0.05, 0) is 36.8 Å². The number of benzene rings is 1. The van der Waals surface area contributed by atoms with Gasteiger partial charge in [-0.3, -0.25) is 9.98 Å². The molecule has 7 heteroatoms. The van der Waals surface area contributed by atoms with Crippen LogP contribution in [0.2, 0.25) is 0 Å². The van der Waals surface area contributed by atoms with Crippen LogP contribution in [0.1, 0.15) is 24.4 Å². The van der Waals surface area contributed by atoms with Gasteiger partial charge in [-0.1, -0.05) is 12.1 Å². The second-order valence-corrected chi connectivity index (χ2v) is 5.87. The number of halogens is 1. The van der Waals surface area contributed by atoms with E-state index >= 15 is 0 Å². The second-order valence-electron chi connectivity index (χ2n) is 5.87. The monoisotopic (exact) mass is 330 g/mol. The van der Waals surface area contributed by atoms with Gasteiger partial charge in [0, 0.05) is 11.9 Å². The minimum Gasteiger partial charge on any atom is -0.386 e. The van der Waals surface area contributed by atoms with Crippen LogP contribution < -0.4 is 11.1 Å². The molecule has 6 nitrogen and oxygen atoms in total. The number of amidine groups is 1. The quantitative estimate of drug-likeness (QED) is 0.745. The molecule has 0 spiro atoms. The summed E-state index contributed by atoms with van der Waals surface area (Å²) < 4.78 is 19.2. The molecule has 0 saturated heterocycles. The molecular weight excluding hydrogens is 311 g/mol. The number of pyridine rings is 1. The number of rotatable bonds is 4. The first-order valence-corrected chi connectivity index (χ1v) is 7.55. The average Bonchev–Trinajstić information content (AvgIpc) is 2.55. The van der Waals surface area contributed by atoms with Crippen LogP contribution in [0.15, 0.2) is 47.6 Å². The molecule has 126 valence electrons. The van der Waals surface area contributed by atoms with Crippen molar-refractivity contribution in [3.63, 3.8) is 0 Å². The van der Waals surface area contributed by atoms with Crippen molar-refractivity contribution in [1.29, 1.82) is 0 Å². The molecule has 0 saturated carbocycles. The first-order chi connectivity index (χ1) is 11.5. The standard InChI is InChI=1S/C17H19FN4O2/c1-17(10-24-9-14(19)22-17)11-4-2-5-12(8-11)21-16(23)15-13(18)6-3-7-20-15/h2-8,16,21,23H,9-10H2,1H3,(H2,19,22). The van der Waals surface area contributed by atoms with Crippen molar-refractivity contribution < 1.29 is 14.2 Å². The molecule has 2 unspecified atom stereocenters. The fourth-order valence-electron chi connectivity index (χ4n) is 2.65. The average molecular weight is 330 g/mol. The summed E-state index contributed by atoms with van der Waals surface area (Å²) in [7, 11) is 0. The Hall–Kier alpha value is -2.51. The van der Waals surface area contributed by atoms with E-state index in [1.807, 2.05) is 25.1 Å². The largest absolute Gasteiger partial charge is 0.386 e. The summed E-state index contributed by atoms with van der Waals surface area (Å²) in [6.45, 7) is 2.66. The lowest BCUT2D eigenvalue weighted by Gasteiger charge is -2.30. The van der Waals surface area contributed by atoms with E-state index in [1.54, 1.807) is 6.07 Å². The third-order valence-electron chi connectivity index (χ3n) is 3.86. The highest BCUT2D eigenvalue weighted by molar-refractivity contribution is 5.82. The molecule has 4 N–H and O–H groups in total. The SMILES string of the molecule is CC1(c2cccc(NC(O)c3ncccc3F)c2)COCC(N)=N1. The second kappa shape index (κ2) is 6.54. The van der Waals surface area contributed by atoms with E-state index in [2.05, 4.69) is 15.3 Å². The maximum Gasteiger partial charge on any atom is 0.171 e. The number of ether oxygens (including phenoxy) is 1. The van der Waals surface area contributed by atoms with E-state index in [-0.39, 0.29) is 5.69 Å². The van der Waals surface area contributed by atoms with Crippen LogP contribution >= 0.6 is 0 Å². The van der Waals surface area contributed by atoms with E-state index < -0.39 is 17.6 Å². The molecular formula is C17H19FN4O2. The summed E-state index contributed by atoms with van der Waals surface area (Å²) in [5.41, 5.74) is 6.62. The molecule has 0 amide bonds. The fourth-order valence-corrected chi connectivity index (χ4v) is 2.65. The summed E-state index contributed by atoms with van der Waals surface area (Å²) in [6, 6.07) is 10.1. The topological polar surface area (TPSA) is 92.8 Å². The first-order valence-electron chi connectivity index (χ1n) is 7.55. The predicted octanol–water partition coefficient (Wildman–Crippen LogP) is 1.93. The molecule has 0 radical (unpaired) electrons. The van der Waals surface area contributed by atoms with Gasteiger partial charge in [0.2, 0.25) is 0 Å². The molecule has 3 rings (SSSR count). The number of aromatic nitrogens is 1. The Kier molecular flexibility index (Phi) is 4.46. The number of anilines is 1. The van der Waals surface area contributed by atoms with Crippen molar-refractivity contribution in [2.24, 2.45) is 10.7 Å². The Morgan fingerprint density at radius 1 is 1.38 bits per heavy atom. The highest BCUT2D eigenvalue weighted by Gasteiger charge is 2.30. The third-order valence-corrected chi connectivity index (χ3v) is 3.86. The number of aliphatic hydroxyl groups is 1. The molecule has 1 aliphatic heterocycles. The smallest absolute Gasteiger partial charge is 0.171 e. The normalized spacial score (nSPS) is 21.9. The van der Waals surface area contributed by atoms with E-state index in [0.29, 0.717) is 24.7 Å². The molecule has 24 heavy (non-hydrogen) atoms. The molecule has 0 fully saturated rings. The fraction of sp³-hybridized carbons (Fsp3) is 0.294. The van der Waals surface area contributed by atoms with Gasteiger partial charge in [0.1, 0.15) is 29.5 Å². The zero-order chi connectivity index (χ0) is 17.2. The lowest BCUT2D eigenvalue weighted by molar-refractivity contribution is 0.106. The summed E-state index contributed by atoms with van der Waals surface area (Å²) in [6.07, 6.45) is 0.169. The van der Waals surface area contributed by atoms with Crippen LogP contribution in [0.5, 0.6) is 0 Å². The molecule has 1 aromatic heterocycles. The lowest BCUT2D eigenvalue weighted by atomic mass is 9.92. The van der Waals surface area contributed by atoms with Crippen molar-refractivity contribution in [1.82, 2.24) is 4.98 Å². The van der Waals surface area contributed by atoms with Crippen molar-refractivity contribution in [3.05, 3.63) is 59.7 Å². The van der Waals surface area contributed by atoms with Gasteiger partial charge in [-0.2, -0.15) is 0 Å². The maximum atomic E-state index is 13.7. The minimum absolute atomic E-state index is 0.0580. The van der Waals surface area contributed by atoms with Crippen LogP contribution in [0.3, 0.4) is 0 Å². The van der Waals surface area contributed by atoms with Gasteiger partial charge < -0.3 is 20.9 Å². The molecule has 2 atom stereocenters. The Bertz CT molecular complexity index is 768. The van der Waals surface area contributed by atoms with Crippen molar-refractivity contribution >= 4 is 11.5 Å². The number of nitrogens with zero attached hydrogens (tertiary/aromatic N) is 2. The van der Waals surface area contributed by atoms with Gasteiger partial charge in [0.15, 0.2) is 6.23 Å². The number of aliphatic hydroxyl groups excluding tert-OH is 1. The van der Waals surface area contributed by atoms with Crippen molar-refractivity contribution in [2.75, 3.05) is 18.5 Å². The van der Waals surface area contributed by atoms with Crippen LogP contribution in [-0.2, 0) is 10.3 Å². The zero-order valence-corrected chi connectivity index (χ0v) is 13.2. The first kappa shape index (κ1) is 16.4. The van der Waals surface area contributed by atoms with Crippen LogP contribution in [0, 0.1) is 5.82 Å². The molecule has 1 aromatic carbocycles. The van der Waals surface area contributed by atoms with Crippen LogP contribution in [-0.4, -0.2) is 29.1 Å². The van der Waals surface area contributed by atoms with Crippen molar-refractivity contribution in [2.45, 2.75) is 18.7 Å². The highest BCUT2D eigenvalue weighted by Crippen LogP contribution is 2.30. The number of hydrogen-bond acceptors (Lipinski definition) is 6. The lowest BCUT2D eigenvalue weighted by Crippen LogP contribution is -2.37. The third kappa shape index (κ3) is 3.37. The highest BCUT2D eigenvalue weighted by atomic mass is 19.1. The van der Waals surface area contributed by atoms with Gasteiger partial charge in [0.25, 0.3) is 0 Å². The Labute approximate surface area is 139 Å². The molecule has 0 aliphatic carbocycles. The van der Waals surface area contributed by atoms with Crippen LogP contribution in [0.25, 0.3) is 0 Å². The van der Waals surface area contributed by atoms with E-state index in [1.165, 1.54) is 18.3 Å². The summed E-state index contributed by atoms with van der Waals surface area (Å²) >= 11 is 0. The summed E-state index contributed by atoms with van der Waals surface area (Å²) in [4.78, 5) is 8.35. The van der Waals surface area contributed by atoms with Gasteiger partial charge in [0.05, 0.1) is 6.61 Å². The maximum absolute atomic E-state index is 13.7. The van der Waals surface area contributed by atoms with Gasteiger partial charge >= 0.3 is 0 Å². The van der Waals surface area contributed by atoms with E-state index in [4.69, 9.17) is 10.5 Å². The number of aliphatic imine (C=N–C) groups is 1. The van der Waals surface area contributed by atoms with Crippen molar-refractivity contribution in [3.8, 4) is 0 Å². The Balaban J connectivity index is 1.84. The Morgan fingerprint density at radius 3 is 2.96 bits per heavy atom. The predicted molar refractivity (Wildman–Crippen MR) is 89.0 cm³/mol. The van der Waals surface area contributed by atoms with Crippen LogP contribution in [0.4, 0.5) is 10.1 Å². The van der Waals surface area contributed by atoms with Gasteiger partial charge in [-0.25, -0.2) is 4.39 Å². The minimum atomic E-state index is -1.26.